The van der Waals surface area contributed by atoms with Gasteiger partial charge in [0.15, 0.2) is 0 Å². The second-order valence-corrected chi connectivity index (χ2v) is 7.65. The molecule has 1 fully saturated rings. The topological polar surface area (TPSA) is 96.5 Å². The lowest BCUT2D eigenvalue weighted by Gasteiger charge is -2.24. The molecule has 134 valence electrons. The van der Waals surface area contributed by atoms with Crippen molar-refractivity contribution >= 4 is 15.9 Å². The molecule has 1 aromatic rings. The van der Waals surface area contributed by atoms with Gasteiger partial charge >= 0.3 is 0 Å². The molecule has 0 aromatic heterocycles. The van der Waals surface area contributed by atoms with Crippen molar-refractivity contribution in [3.8, 4) is 0 Å². The fourth-order valence-corrected chi connectivity index (χ4v) is 3.65. The number of rotatable bonds is 7. The lowest BCUT2D eigenvalue weighted by molar-refractivity contribution is 0.0930. The van der Waals surface area contributed by atoms with E-state index < -0.39 is 10.0 Å². The van der Waals surface area contributed by atoms with Gasteiger partial charge in [0.05, 0.1) is 11.5 Å². The average molecular weight is 355 g/mol. The predicted molar refractivity (Wildman–Crippen MR) is 91.6 cm³/mol. The molecule has 1 aliphatic rings. The van der Waals surface area contributed by atoms with Crippen molar-refractivity contribution in [3.63, 3.8) is 0 Å². The van der Waals surface area contributed by atoms with Gasteiger partial charge < -0.3 is 15.4 Å². The Hall–Kier alpha value is -1.48. The highest BCUT2D eigenvalue weighted by Gasteiger charge is 2.20. The molecule has 1 saturated heterocycles. The molecule has 0 spiro atoms. The Bertz CT molecular complexity index is 670. The summed E-state index contributed by atoms with van der Waals surface area (Å²) >= 11 is 0. The first-order valence-electron chi connectivity index (χ1n) is 8.05. The van der Waals surface area contributed by atoms with E-state index in [1.807, 2.05) is 0 Å². The molecule has 1 aromatic carbocycles. The van der Waals surface area contributed by atoms with Crippen LogP contribution in [0.4, 0.5) is 0 Å². The molecule has 1 amide bonds. The molecule has 24 heavy (non-hydrogen) atoms. The summed E-state index contributed by atoms with van der Waals surface area (Å²) in [6.45, 7) is 3.96. The molecular weight excluding hydrogens is 330 g/mol. The molecule has 1 aliphatic heterocycles. The lowest BCUT2D eigenvalue weighted by Crippen LogP contribution is -2.45. The summed E-state index contributed by atoms with van der Waals surface area (Å²) in [5.41, 5.74) is 1.13. The van der Waals surface area contributed by atoms with Crippen LogP contribution >= 0.6 is 0 Å². The maximum Gasteiger partial charge on any atom is 0.251 e. The number of carbonyl (C=O) groups excluding carboxylic acids is 1. The minimum atomic E-state index is -3.66. The number of aryl methyl sites for hydroxylation is 1. The number of sulfonamides is 1. The van der Waals surface area contributed by atoms with Crippen LogP contribution in [0.1, 0.15) is 28.8 Å². The van der Waals surface area contributed by atoms with Crippen molar-refractivity contribution in [1.82, 2.24) is 15.4 Å². The lowest BCUT2D eigenvalue weighted by atomic mass is 10.1. The van der Waals surface area contributed by atoms with Crippen molar-refractivity contribution < 1.29 is 17.9 Å². The van der Waals surface area contributed by atoms with Gasteiger partial charge in [-0.15, -0.1) is 0 Å². The zero-order valence-electron chi connectivity index (χ0n) is 14.1. The maximum absolute atomic E-state index is 12.5. The summed E-state index contributed by atoms with van der Waals surface area (Å²) in [6, 6.07) is 4.66. The fourth-order valence-electron chi connectivity index (χ4n) is 2.61. The van der Waals surface area contributed by atoms with Crippen molar-refractivity contribution in [2.75, 3.05) is 33.4 Å². The first kappa shape index (κ1) is 18.9. The number of hydrogen-bond donors (Lipinski definition) is 3. The minimum absolute atomic E-state index is 0.0748. The summed E-state index contributed by atoms with van der Waals surface area (Å²) in [7, 11) is -2.16. The molecule has 0 aliphatic carbocycles. The predicted octanol–water partition coefficient (Wildman–Crippen LogP) is 0.402. The number of amides is 1. The Balaban J connectivity index is 2.13. The van der Waals surface area contributed by atoms with Crippen LogP contribution < -0.4 is 15.4 Å². The van der Waals surface area contributed by atoms with Crippen LogP contribution in [-0.4, -0.2) is 53.7 Å². The summed E-state index contributed by atoms with van der Waals surface area (Å²) in [4.78, 5) is 12.6. The standard InChI is InChI=1S/C16H25N3O4S/c1-12-5-6-14(24(21,22)18-8-9-23-2)10-15(12)16(20)19-13-4-3-7-17-11-13/h5-6,10,13,17-18H,3-4,7-9,11H2,1-2H3,(H,19,20). The van der Waals surface area contributed by atoms with Crippen LogP contribution in [0.25, 0.3) is 0 Å². The Morgan fingerprint density at radius 3 is 2.88 bits per heavy atom. The molecule has 0 radical (unpaired) electrons. The van der Waals surface area contributed by atoms with E-state index >= 15 is 0 Å². The van der Waals surface area contributed by atoms with Gasteiger partial charge in [-0.3, -0.25) is 4.79 Å². The Morgan fingerprint density at radius 2 is 2.21 bits per heavy atom. The molecular formula is C16H25N3O4S. The smallest absolute Gasteiger partial charge is 0.251 e. The number of piperidine rings is 1. The van der Waals surface area contributed by atoms with Crippen molar-refractivity contribution in [3.05, 3.63) is 29.3 Å². The van der Waals surface area contributed by atoms with Crippen LogP contribution in [0.15, 0.2) is 23.1 Å². The number of ether oxygens (including phenoxy) is 1. The highest BCUT2D eigenvalue weighted by atomic mass is 32.2. The molecule has 1 atom stereocenters. The van der Waals surface area contributed by atoms with Gasteiger partial charge in [-0.05, 0) is 44.0 Å². The highest BCUT2D eigenvalue weighted by Crippen LogP contribution is 2.16. The van der Waals surface area contributed by atoms with E-state index in [0.717, 1.165) is 31.5 Å². The van der Waals surface area contributed by atoms with Gasteiger partial charge in [-0.2, -0.15) is 0 Å². The Morgan fingerprint density at radius 1 is 1.42 bits per heavy atom. The molecule has 8 heteroatoms. The van der Waals surface area contributed by atoms with E-state index in [9.17, 15) is 13.2 Å². The summed E-state index contributed by atoms with van der Waals surface area (Å²) in [6.07, 6.45) is 1.94. The van der Waals surface area contributed by atoms with Crippen LogP contribution in [0.3, 0.4) is 0 Å². The molecule has 3 N–H and O–H groups in total. The third-order valence-electron chi connectivity index (χ3n) is 3.99. The van der Waals surface area contributed by atoms with Gasteiger partial charge in [0.2, 0.25) is 10.0 Å². The van der Waals surface area contributed by atoms with Gasteiger partial charge in [-0.25, -0.2) is 13.1 Å². The quantitative estimate of drug-likeness (QED) is 0.615. The maximum atomic E-state index is 12.5. The van der Waals surface area contributed by atoms with Crippen molar-refractivity contribution in [2.45, 2.75) is 30.7 Å². The van der Waals surface area contributed by atoms with Crippen LogP contribution in [0.2, 0.25) is 0 Å². The molecule has 7 nitrogen and oxygen atoms in total. The monoisotopic (exact) mass is 355 g/mol. The first-order valence-corrected chi connectivity index (χ1v) is 9.53. The van der Waals surface area contributed by atoms with E-state index in [2.05, 4.69) is 15.4 Å². The number of benzene rings is 1. The second-order valence-electron chi connectivity index (χ2n) is 5.88. The summed E-state index contributed by atoms with van der Waals surface area (Å²) in [5, 5.41) is 6.21. The third kappa shape index (κ3) is 5.01. The molecule has 0 saturated carbocycles. The largest absolute Gasteiger partial charge is 0.383 e. The van der Waals surface area contributed by atoms with Gasteiger partial charge in [0, 0.05) is 31.8 Å². The Kier molecular flexibility index (Phi) is 6.73. The number of methoxy groups -OCH3 is 1. The zero-order chi connectivity index (χ0) is 17.6. The Labute approximate surface area is 143 Å². The van der Waals surface area contributed by atoms with Gasteiger partial charge in [0.25, 0.3) is 5.91 Å². The van der Waals surface area contributed by atoms with Crippen LogP contribution in [0, 0.1) is 6.92 Å². The van der Waals surface area contributed by atoms with Crippen molar-refractivity contribution in [1.29, 1.82) is 0 Å². The van der Waals surface area contributed by atoms with Crippen LogP contribution in [-0.2, 0) is 14.8 Å². The SMILES string of the molecule is COCCNS(=O)(=O)c1ccc(C)c(C(=O)NC2CCCNC2)c1. The first-order chi connectivity index (χ1) is 11.4. The number of nitrogens with one attached hydrogen (secondary N) is 3. The van der Waals surface area contributed by atoms with Crippen LogP contribution in [0.5, 0.6) is 0 Å². The number of carbonyl (C=O) groups is 1. The fraction of sp³-hybridized carbons (Fsp3) is 0.562. The normalized spacial score (nSPS) is 18.3. The summed E-state index contributed by atoms with van der Waals surface area (Å²) in [5.74, 6) is -0.241. The zero-order valence-corrected chi connectivity index (χ0v) is 14.9. The van der Waals surface area contributed by atoms with Crippen molar-refractivity contribution in [2.24, 2.45) is 0 Å². The van der Waals surface area contributed by atoms with E-state index in [4.69, 9.17) is 4.74 Å². The molecule has 1 unspecified atom stereocenters. The number of hydrogen-bond acceptors (Lipinski definition) is 5. The molecule has 0 bridgehead atoms. The summed E-state index contributed by atoms with van der Waals surface area (Å²) < 4.78 is 31.8. The van der Waals surface area contributed by atoms with Gasteiger partial charge in [0.1, 0.15) is 0 Å². The third-order valence-corrected chi connectivity index (χ3v) is 5.45. The van der Waals surface area contributed by atoms with E-state index in [-0.39, 0.29) is 30.0 Å². The minimum Gasteiger partial charge on any atom is -0.383 e. The second kappa shape index (κ2) is 8.57. The van der Waals surface area contributed by atoms with E-state index in [1.54, 1.807) is 13.0 Å². The van der Waals surface area contributed by atoms with Gasteiger partial charge in [-0.1, -0.05) is 6.07 Å². The van der Waals surface area contributed by atoms with E-state index in [0.29, 0.717) is 5.56 Å². The average Bonchev–Trinajstić information content (AvgIpc) is 2.56. The van der Waals surface area contributed by atoms with E-state index in [1.165, 1.54) is 19.2 Å². The molecule has 1 heterocycles. The highest BCUT2D eigenvalue weighted by molar-refractivity contribution is 7.89. The molecule has 2 rings (SSSR count).